The largest absolute Gasteiger partial charge is 0.326 e. The van der Waals surface area contributed by atoms with Gasteiger partial charge in [-0.2, -0.15) is 0 Å². The maximum absolute atomic E-state index is 12.3. The van der Waals surface area contributed by atoms with Gasteiger partial charge in [0, 0.05) is 15.7 Å². The molecule has 2 aromatic carbocycles. The van der Waals surface area contributed by atoms with E-state index in [0.29, 0.717) is 32.9 Å². The Hall–Kier alpha value is -1.75. The van der Waals surface area contributed by atoms with Gasteiger partial charge in [-0.3, -0.25) is 9.59 Å². The molecule has 2 N–H and O–H groups in total. The lowest BCUT2D eigenvalue weighted by atomic mass is 10.2. The molecule has 0 aromatic heterocycles. The first-order chi connectivity index (χ1) is 11.8. The van der Waals surface area contributed by atoms with E-state index in [9.17, 15) is 9.59 Å². The molecule has 2 aromatic rings. The van der Waals surface area contributed by atoms with Gasteiger partial charge < -0.3 is 10.6 Å². The fraction of sp³-hybridized carbons (Fsp3) is 0.222. The van der Waals surface area contributed by atoms with Crippen LogP contribution in [0.15, 0.2) is 36.4 Å². The second-order valence-electron chi connectivity index (χ2n) is 6.01. The second-order valence-corrected chi connectivity index (χ2v) is 7.29. The highest BCUT2D eigenvalue weighted by atomic mass is 35.5. The summed E-state index contributed by atoms with van der Waals surface area (Å²) in [4.78, 5) is 24.6. The topological polar surface area (TPSA) is 58.2 Å². The summed E-state index contributed by atoms with van der Waals surface area (Å²) in [6.45, 7) is 1.88. The van der Waals surface area contributed by atoms with Gasteiger partial charge in [-0.1, -0.05) is 40.9 Å². The Bertz CT molecular complexity index is 854. The standard InChI is InChI=1S/C18H15Cl3N2O2/c1-9-2-3-11(20)7-16(9)23-18(25)13-8-12(13)17(24)22-15-5-4-10(19)6-14(15)21/h2-7,12-13H,8H2,1H3,(H,22,24)(H,23,25). The van der Waals surface area contributed by atoms with Crippen molar-refractivity contribution in [2.45, 2.75) is 13.3 Å². The van der Waals surface area contributed by atoms with Crippen LogP contribution in [0.25, 0.3) is 0 Å². The summed E-state index contributed by atoms with van der Waals surface area (Å²) in [5, 5.41) is 6.96. The van der Waals surface area contributed by atoms with Crippen LogP contribution in [0.1, 0.15) is 12.0 Å². The van der Waals surface area contributed by atoms with Crippen LogP contribution in [0.2, 0.25) is 15.1 Å². The zero-order valence-corrected chi connectivity index (χ0v) is 15.5. The number of anilines is 2. The Kier molecular flexibility index (Phi) is 5.23. The van der Waals surface area contributed by atoms with Crippen LogP contribution in [0, 0.1) is 18.8 Å². The zero-order valence-electron chi connectivity index (χ0n) is 13.3. The first kappa shape index (κ1) is 18.1. The third-order valence-electron chi connectivity index (χ3n) is 4.11. The van der Waals surface area contributed by atoms with E-state index in [4.69, 9.17) is 34.8 Å². The van der Waals surface area contributed by atoms with Gasteiger partial charge in [0.05, 0.1) is 22.5 Å². The van der Waals surface area contributed by atoms with Gasteiger partial charge in [-0.05, 0) is 49.2 Å². The molecule has 1 aliphatic carbocycles. The van der Waals surface area contributed by atoms with Crippen molar-refractivity contribution in [3.8, 4) is 0 Å². The smallest absolute Gasteiger partial charge is 0.228 e. The molecule has 0 spiro atoms. The molecule has 2 amide bonds. The highest BCUT2D eigenvalue weighted by molar-refractivity contribution is 6.36. The van der Waals surface area contributed by atoms with Gasteiger partial charge in [0.2, 0.25) is 11.8 Å². The number of halogens is 3. The average molecular weight is 398 g/mol. The van der Waals surface area contributed by atoms with Crippen LogP contribution in [0.3, 0.4) is 0 Å². The van der Waals surface area contributed by atoms with Crippen molar-refractivity contribution in [3.63, 3.8) is 0 Å². The maximum Gasteiger partial charge on any atom is 0.228 e. The van der Waals surface area contributed by atoms with Gasteiger partial charge in [0.15, 0.2) is 0 Å². The number of hydrogen-bond acceptors (Lipinski definition) is 2. The maximum atomic E-state index is 12.3. The summed E-state index contributed by atoms with van der Waals surface area (Å²) >= 11 is 17.8. The summed E-state index contributed by atoms with van der Waals surface area (Å²) in [5.41, 5.74) is 2.05. The Morgan fingerprint density at radius 2 is 1.44 bits per heavy atom. The van der Waals surface area contributed by atoms with E-state index < -0.39 is 0 Å². The predicted octanol–water partition coefficient (Wildman–Crippen LogP) is 5.17. The molecule has 3 rings (SSSR count). The van der Waals surface area contributed by atoms with Crippen LogP contribution in [0.5, 0.6) is 0 Å². The summed E-state index contributed by atoms with van der Waals surface area (Å²) < 4.78 is 0. The first-order valence-corrected chi connectivity index (χ1v) is 8.81. The number of benzene rings is 2. The number of nitrogens with one attached hydrogen (secondary N) is 2. The molecule has 1 aliphatic rings. The predicted molar refractivity (Wildman–Crippen MR) is 102 cm³/mol. The average Bonchev–Trinajstić information content (AvgIpc) is 3.34. The number of rotatable bonds is 4. The molecule has 2 unspecified atom stereocenters. The van der Waals surface area contributed by atoms with Crippen LogP contribution < -0.4 is 10.6 Å². The van der Waals surface area contributed by atoms with Crippen molar-refractivity contribution in [2.24, 2.45) is 11.8 Å². The Morgan fingerprint density at radius 3 is 2.08 bits per heavy atom. The van der Waals surface area contributed by atoms with Crippen molar-refractivity contribution in [1.29, 1.82) is 0 Å². The molecule has 0 saturated heterocycles. The van der Waals surface area contributed by atoms with Crippen LogP contribution >= 0.6 is 34.8 Å². The van der Waals surface area contributed by atoms with E-state index >= 15 is 0 Å². The molecule has 25 heavy (non-hydrogen) atoms. The molecule has 0 aliphatic heterocycles. The number of hydrogen-bond donors (Lipinski definition) is 2. The molecular weight excluding hydrogens is 383 g/mol. The summed E-state index contributed by atoms with van der Waals surface area (Å²) in [6.07, 6.45) is 0.502. The molecule has 1 saturated carbocycles. The van der Waals surface area contributed by atoms with Crippen molar-refractivity contribution < 1.29 is 9.59 Å². The fourth-order valence-corrected chi connectivity index (χ4v) is 3.17. The zero-order chi connectivity index (χ0) is 18.1. The van der Waals surface area contributed by atoms with Crippen molar-refractivity contribution >= 4 is 58.0 Å². The van der Waals surface area contributed by atoms with E-state index in [1.807, 2.05) is 13.0 Å². The van der Waals surface area contributed by atoms with Gasteiger partial charge in [0.1, 0.15) is 0 Å². The molecule has 130 valence electrons. The minimum Gasteiger partial charge on any atom is -0.326 e. The summed E-state index contributed by atoms with van der Waals surface area (Å²) in [6, 6.07) is 10.1. The first-order valence-electron chi connectivity index (χ1n) is 7.68. The molecular formula is C18H15Cl3N2O2. The Morgan fingerprint density at radius 1 is 0.880 bits per heavy atom. The number of aryl methyl sites for hydroxylation is 1. The minimum absolute atomic E-state index is 0.187. The van der Waals surface area contributed by atoms with E-state index in [0.717, 1.165) is 5.56 Å². The van der Waals surface area contributed by atoms with Gasteiger partial charge in [0.25, 0.3) is 0 Å². The normalized spacial score (nSPS) is 18.6. The van der Waals surface area contributed by atoms with Crippen molar-refractivity contribution in [1.82, 2.24) is 0 Å². The monoisotopic (exact) mass is 396 g/mol. The summed E-state index contributed by atoms with van der Waals surface area (Å²) in [7, 11) is 0. The van der Waals surface area contributed by atoms with Crippen molar-refractivity contribution in [2.75, 3.05) is 10.6 Å². The van der Waals surface area contributed by atoms with Gasteiger partial charge in [-0.15, -0.1) is 0 Å². The van der Waals surface area contributed by atoms with Crippen molar-refractivity contribution in [3.05, 3.63) is 57.0 Å². The minimum atomic E-state index is -0.369. The Labute approximate surface area is 160 Å². The lowest BCUT2D eigenvalue weighted by Gasteiger charge is -2.09. The second kappa shape index (κ2) is 7.24. The third kappa shape index (κ3) is 4.27. The fourth-order valence-electron chi connectivity index (χ4n) is 2.55. The quantitative estimate of drug-likeness (QED) is 0.748. The van der Waals surface area contributed by atoms with E-state index in [1.165, 1.54) is 0 Å². The van der Waals surface area contributed by atoms with Gasteiger partial charge in [-0.25, -0.2) is 0 Å². The molecule has 0 radical (unpaired) electrons. The number of amides is 2. The molecule has 0 bridgehead atoms. The van der Waals surface area contributed by atoms with Gasteiger partial charge >= 0.3 is 0 Å². The lowest BCUT2D eigenvalue weighted by molar-refractivity contribution is -0.122. The molecule has 2 atom stereocenters. The highest BCUT2D eigenvalue weighted by Gasteiger charge is 2.48. The SMILES string of the molecule is Cc1ccc(Cl)cc1NC(=O)C1CC1C(=O)Nc1ccc(Cl)cc1Cl. The highest BCUT2D eigenvalue weighted by Crippen LogP contribution is 2.41. The van der Waals surface area contributed by atoms with E-state index in [2.05, 4.69) is 10.6 Å². The Balaban J connectivity index is 1.60. The lowest BCUT2D eigenvalue weighted by Crippen LogP contribution is -2.21. The van der Waals surface area contributed by atoms with Crippen LogP contribution in [0.4, 0.5) is 11.4 Å². The van der Waals surface area contributed by atoms with E-state index in [1.54, 1.807) is 30.3 Å². The number of carbonyl (C=O) groups is 2. The number of carbonyl (C=O) groups excluding carboxylic acids is 2. The molecule has 4 nitrogen and oxygen atoms in total. The van der Waals surface area contributed by atoms with Crippen LogP contribution in [-0.4, -0.2) is 11.8 Å². The molecule has 0 heterocycles. The van der Waals surface area contributed by atoms with Crippen LogP contribution in [-0.2, 0) is 9.59 Å². The van der Waals surface area contributed by atoms with E-state index in [-0.39, 0.29) is 23.7 Å². The summed E-state index contributed by atoms with van der Waals surface area (Å²) in [5.74, 6) is -1.14. The molecule has 7 heteroatoms. The third-order valence-corrected chi connectivity index (χ3v) is 4.89. The molecule has 1 fully saturated rings.